The minimum absolute atomic E-state index is 0.258. The minimum Gasteiger partial charge on any atom is -0.445 e. The quantitative estimate of drug-likeness (QED) is 0.397. The maximum absolute atomic E-state index is 10.5. The Morgan fingerprint density at radius 1 is 1.92 bits per heavy atom. The largest absolute Gasteiger partial charge is 0.526 e. The van der Waals surface area contributed by atoms with Gasteiger partial charge in [-0.25, -0.2) is 0 Å². The van der Waals surface area contributed by atoms with Gasteiger partial charge >= 0.3 is 6.09 Å². The van der Waals surface area contributed by atoms with Crippen LogP contribution < -0.4 is 4.91 Å². The normalized spacial score (nSPS) is 11.5. The molecule has 0 rings (SSSR count). The van der Waals surface area contributed by atoms with Gasteiger partial charge < -0.3 is 5.11 Å². The summed E-state index contributed by atoms with van der Waals surface area (Å²) >= 11 is 1.51. The van der Waals surface area contributed by atoms with Crippen molar-refractivity contribution < 1.29 is 9.90 Å². The van der Waals surface area contributed by atoms with Crippen molar-refractivity contribution in [2.75, 3.05) is 12.0 Å². The predicted molar refractivity (Wildman–Crippen MR) is 45.0 cm³/mol. The number of carboxylic acid groups (broad SMARTS) is 1. The third-order valence-electron chi connectivity index (χ3n) is 1.16. The summed E-state index contributed by atoms with van der Waals surface area (Å²) in [6, 6.07) is -0.258. The highest BCUT2D eigenvalue weighted by atomic mass is 32.2. The molecule has 0 aliphatic carbocycles. The predicted octanol–water partition coefficient (Wildman–Crippen LogP) is 1.18. The minimum atomic E-state index is -1.19. The molecule has 68 valence electrons. The van der Waals surface area contributed by atoms with E-state index in [-0.39, 0.29) is 6.04 Å². The summed E-state index contributed by atoms with van der Waals surface area (Å²) in [7, 11) is 0. The monoisotopic (exact) mass is 191 g/mol. The van der Waals surface area contributed by atoms with Gasteiger partial charge in [-0.1, -0.05) is 0 Å². The molecule has 2 N–H and O–H groups in total. The van der Waals surface area contributed by atoms with Gasteiger partial charge in [0.25, 0.3) is 0 Å². The molecule has 0 aromatic heterocycles. The SMILES string of the molecule is CSCC(C)N(N=[N+]=N)C(=O)O. The smallest absolute Gasteiger partial charge is 0.445 e. The molecule has 0 aliphatic rings. The third kappa shape index (κ3) is 3.36. The molecular weight excluding hydrogens is 180 g/mol. The Morgan fingerprint density at radius 3 is 2.83 bits per heavy atom. The van der Waals surface area contributed by atoms with Gasteiger partial charge in [0.05, 0.1) is 4.91 Å². The summed E-state index contributed by atoms with van der Waals surface area (Å²) in [4.78, 5) is 13.2. The first-order chi connectivity index (χ1) is 5.63. The molecule has 6 nitrogen and oxygen atoms in total. The maximum Gasteiger partial charge on any atom is 0.526 e. The zero-order chi connectivity index (χ0) is 9.56. The second-order valence-electron chi connectivity index (χ2n) is 2.12. The highest BCUT2D eigenvalue weighted by Crippen LogP contribution is 2.05. The highest BCUT2D eigenvalue weighted by Gasteiger charge is 2.27. The number of hydrogen-bond acceptors (Lipinski definition) is 4. The van der Waals surface area contributed by atoms with Crippen molar-refractivity contribution in [1.82, 2.24) is 9.92 Å². The Hall–Kier alpha value is -1.07. The van der Waals surface area contributed by atoms with Crippen LogP contribution in [0.5, 0.6) is 0 Å². The van der Waals surface area contributed by atoms with Crippen molar-refractivity contribution in [3.05, 3.63) is 0 Å². The van der Waals surface area contributed by atoms with Crippen LogP contribution in [0.4, 0.5) is 4.79 Å². The molecule has 0 aliphatic heterocycles. The fourth-order valence-corrected chi connectivity index (χ4v) is 1.30. The van der Waals surface area contributed by atoms with E-state index in [2.05, 4.69) is 10.1 Å². The van der Waals surface area contributed by atoms with Crippen LogP contribution in [0, 0.1) is 5.53 Å². The fourth-order valence-electron chi connectivity index (χ4n) is 0.675. The summed E-state index contributed by atoms with van der Waals surface area (Å²) in [6.45, 7) is 1.71. The number of nitrogens with zero attached hydrogens (tertiary/aromatic N) is 3. The molecule has 0 aromatic rings. The standard InChI is InChI=1S/C5H10N4O2S/c1-4(3-12-2)9(5(10)11)8-7-6/h4,6H,3H2,1-2H3/p+1. The van der Waals surface area contributed by atoms with E-state index >= 15 is 0 Å². The van der Waals surface area contributed by atoms with Crippen LogP contribution in [0.1, 0.15) is 6.92 Å². The van der Waals surface area contributed by atoms with Crippen LogP contribution in [0.15, 0.2) is 5.22 Å². The average Bonchev–Trinajstić information content (AvgIpc) is 1.99. The molecule has 0 spiro atoms. The molecule has 0 fully saturated rings. The van der Waals surface area contributed by atoms with E-state index in [0.29, 0.717) is 5.75 Å². The first kappa shape index (κ1) is 10.9. The zero-order valence-corrected chi connectivity index (χ0v) is 7.71. The van der Waals surface area contributed by atoms with E-state index in [0.717, 1.165) is 5.01 Å². The second-order valence-corrected chi connectivity index (χ2v) is 3.03. The topological polar surface area (TPSA) is 90.9 Å². The Labute approximate surface area is 74.1 Å². The summed E-state index contributed by atoms with van der Waals surface area (Å²) in [5, 5.41) is 12.5. The first-order valence-corrected chi connectivity index (χ1v) is 4.61. The summed E-state index contributed by atoms with van der Waals surface area (Å²) in [5.74, 6) is 0.630. The van der Waals surface area contributed by atoms with Gasteiger partial charge in [-0.15, -0.1) is 0 Å². The maximum atomic E-state index is 10.5. The van der Waals surface area contributed by atoms with Crippen LogP contribution in [-0.2, 0) is 0 Å². The molecule has 1 amide bonds. The number of nitrogens with one attached hydrogen (secondary N) is 1. The number of amides is 1. The van der Waals surface area contributed by atoms with Crippen LogP contribution in [-0.4, -0.2) is 34.3 Å². The third-order valence-corrected chi connectivity index (χ3v) is 1.98. The second kappa shape index (κ2) is 5.56. The van der Waals surface area contributed by atoms with E-state index in [4.69, 9.17) is 10.6 Å². The molecule has 0 bridgehead atoms. The van der Waals surface area contributed by atoms with Gasteiger partial charge in [0, 0.05) is 5.75 Å². The van der Waals surface area contributed by atoms with Crippen molar-refractivity contribution in [1.29, 1.82) is 5.53 Å². The highest BCUT2D eigenvalue weighted by molar-refractivity contribution is 7.98. The van der Waals surface area contributed by atoms with Crippen molar-refractivity contribution in [3.63, 3.8) is 0 Å². The molecule has 0 saturated carbocycles. The first-order valence-electron chi connectivity index (χ1n) is 3.22. The Bertz CT molecular complexity index is 202. The number of thioether (sulfide) groups is 1. The van der Waals surface area contributed by atoms with Crippen molar-refractivity contribution >= 4 is 17.9 Å². The summed E-state index contributed by atoms with van der Waals surface area (Å²) in [6.07, 6.45) is 0.682. The van der Waals surface area contributed by atoms with E-state index in [1.165, 1.54) is 11.8 Å². The van der Waals surface area contributed by atoms with Gasteiger partial charge in [-0.05, 0) is 23.7 Å². The molecule has 7 heteroatoms. The van der Waals surface area contributed by atoms with Gasteiger partial charge in [0.2, 0.25) is 5.22 Å². The van der Waals surface area contributed by atoms with Gasteiger partial charge in [-0.3, -0.25) is 0 Å². The lowest BCUT2D eigenvalue weighted by molar-refractivity contribution is 0.129. The Morgan fingerprint density at radius 2 is 2.50 bits per heavy atom. The molecule has 1 unspecified atom stereocenters. The van der Waals surface area contributed by atoms with Crippen molar-refractivity contribution in [2.24, 2.45) is 5.22 Å². The lowest BCUT2D eigenvalue weighted by Gasteiger charge is -2.08. The summed E-state index contributed by atoms with van der Waals surface area (Å²) in [5.41, 5.74) is 6.40. The van der Waals surface area contributed by atoms with Gasteiger partial charge in [0.15, 0.2) is 0 Å². The zero-order valence-electron chi connectivity index (χ0n) is 6.89. The van der Waals surface area contributed by atoms with Crippen molar-refractivity contribution in [2.45, 2.75) is 13.0 Å². The van der Waals surface area contributed by atoms with E-state index in [1.807, 2.05) is 6.26 Å². The fraction of sp³-hybridized carbons (Fsp3) is 0.800. The lowest BCUT2D eigenvalue weighted by Crippen LogP contribution is -2.34. The molecule has 12 heavy (non-hydrogen) atoms. The van der Waals surface area contributed by atoms with Gasteiger partial charge in [0.1, 0.15) is 6.04 Å². The molecular formula is C5H11N4O2S+. The average molecular weight is 191 g/mol. The van der Waals surface area contributed by atoms with Crippen LogP contribution in [0.2, 0.25) is 0 Å². The number of rotatable bonds is 4. The Balaban J connectivity index is 4.28. The van der Waals surface area contributed by atoms with E-state index in [9.17, 15) is 4.79 Å². The number of carbonyl (C=O) groups is 1. The molecule has 0 heterocycles. The van der Waals surface area contributed by atoms with Crippen molar-refractivity contribution in [3.8, 4) is 0 Å². The summed E-state index contributed by atoms with van der Waals surface area (Å²) < 4.78 is 0. The molecule has 1 atom stereocenters. The Kier molecular flexibility index (Phi) is 5.07. The van der Waals surface area contributed by atoms with Crippen LogP contribution in [0.25, 0.3) is 0 Å². The van der Waals surface area contributed by atoms with E-state index < -0.39 is 6.09 Å². The lowest BCUT2D eigenvalue weighted by atomic mass is 10.4. The van der Waals surface area contributed by atoms with Crippen LogP contribution in [0.3, 0.4) is 0 Å². The van der Waals surface area contributed by atoms with Crippen LogP contribution >= 0.6 is 11.8 Å². The molecule has 0 aromatic carbocycles. The molecule has 0 saturated heterocycles. The number of hydrogen-bond donors (Lipinski definition) is 2. The molecule has 0 radical (unpaired) electrons. The van der Waals surface area contributed by atoms with Gasteiger partial charge in [-0.2, -0.15) is 16.6 Å². The van der Waals surface area contributed by atoms with E-state index in [1.54, 1.807) is 6.92 Å².